The molecular weight excluding hydrogens is 539 g/mol. The third-order valence-electron chi connectivity index (χ3n) is 4.97. The molecule has 0 aliphatic carbocycles. The van der Waals surface area contributed by atoms with E-state index in [0.717, 1.165) is 17.7 Å². The van der Waals surface area contributed by atoms with Crippen LogP contribution in [-0.4, -0.2) is 59.6 Å². The predicted octanol–water partition coefficient (Wildman–Crippen LogP) is 2.39. The molecule has 0 aromatic heterocycles. The minimum atomic E-state index is -3.51. The molecule has 170 valence electrons. The van der Waals surface area contributed by atoms with Gasteiger partial charge in [0.1, 0.15) is 11.6 Å². The Balaban J connectivity index is 0.00000341. The summed E-state index contributed by atoms with van der Waals surface area (Å²) < 4.78 is 53.7. The van der Waals surface area contributed by atoms with E-state index in [-0.39, 0.29) is 34.6 Å². The number of nitrogens with zero attached hydrogens (tertiary/aromatic N) is 3. The van der Waals surface area contributed by atoms with Crippen molar-refractivity contribution in [2.24, 2.45) is 4.99 Å². The molecule has 0 unspecified atom stereocenters. The highest BCUT2D eigenvalue weighted by molar-refractivity contribution is 14.0. The van der Waals surface area contributed by atoms with Crippen molar-refractivity contribution in [2.45, 2.75) is 11.4 Å². The van der Waals surface area contributed by atoms with Crippen molar-refractivity contribution >= 4 is 45.6 Å². The standard InChI is InChI=1S/C20H25F2N5O2S.HI/c1-23-20(25-14-15-4-3-5-17(12-15)30(28,29)24-2)27-10-8-26(9-11-27)19-13-16(21)6-7-18(19)22;/h3-7,12-13,24H,8-11,14H2,1-2H3,(H,23,25);1H. The Labute approximate surface area is 198 Å². The summed E-state index contributed by atoms with van der Waals surface area (Å²) in [6.07, 6.45) is 0. The first-order valence-corrected chi connectivity index (χ1v) is 11.0. The van der Waals surface area contributed by atoms with Crippen LogP contribution in [0.25, 0.3) is 0 Å². The second kappa shape index (κ2) is 11.0. The normalized spacial score (nSPS) is 14.9. The van der Waals surface area contributed by atoms with Gasteiger partial charge in [-0.2, -0.15) is 0 Å². The minimum Gasteiger partial charge on any atom is -0.366 e. The van der Waals surface area contributed by atoms with Crippen LogP contribution in [0.5, 0.6) is 0 Å². The van der Waals surface area contributed by atoms with Crippen molar-refractivity contribution in [1.29, 1.82) is 0 Å². The highest BCUT2D eigenvalue weighted by Crippen LogP contribution is 2.22. The molecule has 1 saturated heterocycles. The number of rotatable bonds is 5. The van der Waals surface area contributed by atoms with Crippen molar-refractivity contribution in [1.82, 2.24) is 14.9 Å². The third kappa shape index (κ3) is 6.26. The lowest BCUT2D eigenvalue weighted by atomic mass is 10.2. The first-order valence-electron chi connectivity index (χ1n) is 9.52. The van der Waals surface area contributed by atoms with Gasteiger partial charge >= 0.3 is 0 Å². The molecule has 0 saturated carbocycles. The van der Waals surface area contributed by atoms with Gasteiger partial charge in [-0.25, -0.2) is 21.9 Å². The lowest BCUT2D eigenvalue weighted by Gasteiger charge is -2.37. The van der Waals surface area contributed by atoms with Crippen LogP contribution in [-0.2, 0) is 16.6 Å². The number of halogens is 3. The van der Waals surface area contributed by atoms with Gasteiger partial charge < -0.3 is 15.1 Å². The number of hydrogen-bond acceptors (Lipinski definition) is 4. The highest BCUT2D eigenvalue weighted by Gasteiger charge is 2.22. The Kier molecular flexibility index (Phi) is 9.01. The highest BCUT2D eigenvalue weighted by atomic mass is 127. The van der Waals surface area contributed by atoms with Crippen molar-refractivity contribution in [3.63, 3.8) is 0 Å². The minimum absolute atomic E-state index is 0. The Hall–Kier alpha value is -1.99. The van der Waals surface area contributed by atoms with Crippen LogP contribution in [0.15, 0.2) is 52.4 Å². The Morgan fingerprint density at radius 2 is 1.81 bits per heavy atom. The molecular formula is C20H26F2IN5O2S. The lowest BCUT2D eigenvalue weighted by molar-refractivity contribution is 0.370. The Morgan fingerprint density at radius 3 is 2.45 bits per heavy atom. The smallest absolute Gasteiger partial charge is 0.240 e. The van der Waals surface area contributed by atoms with Crippen LogP contribution in [0.2, 0.25) is 0 Å². The van der Waals surface area contributed by atoms with Gasteiger partial charge in [-0.15, -0.1) is 24.0 Å². The lowest BCUT2D eigenvalue weighted by Crippen LogP contribution is -2.52. The predicted molar refractivity (Wildman–Crippen MR) is 128 cm³/mol. The van der Waals surface area contributed by atoms with E-state index in [2.05, 4.69) is 15.0 Å². The zero-order valence-corrected chi connectivity index (χ0v) is 20.5. The summed E-state index contributed by atoms with van der Waals surface area (Å²) in [5, 5.41) is 3.24. The van der Waals surface area contributed by atoms with E-state index in [9.17, 15) is 17.2 Å². The van der Waals surface area contributed by atoms with E-state index in [4.69, 9.17) is 0 Å². The Bertz CT molecular complexity index is 1030. The molecule has 2 N–H and O–H groups in total. The molecule has 11 heteroatoms. The summed E-state index contributed by atoms with van der Waals surface area (Å²) in [5.74, 6) is -0.242. The molecule has 1 fully saturated rings. The Morgan fingerprint density at radius 1 is 1.10 bits per heavy atom. The summed E-state index contributed by atoms with van der Waals surface area (Å²) >= 11 is 0. The monoisotopic (exact) mass is 565 g/mol. The van der Waals surface area contributed by atoms with Gasteiger partial charge in [-0.05, 0) is 36.9 Å². The second-order valence-corrected chi connectivity index (χ2v) is 8.71. The number of aliphatic imine (C=N–C) groups is 1. The maximum Gasteiger partial charge on any atom is 0.240 e. The molecule has 1 aliphatic rings. The molecule has 31 heavy (non-hydrogen) atoms. The van der Waals surface area contributed by atoms with Gasteiger partial charge in [0.05, 0.1) is 10.6 Å². The number of anilines is 1. The van der Waals surface area contributed by atoms with Crippen LogP contribution in [0, 0.1) is 11.6 Å². The number of nitrogens with one attached hydrogen (secondary N) is 2. The van der Waals surface area contributed by atoms with Crippen molar-refractivity contribution in [3.8, 4) is 0 Å². The number of piperazine rings is 1. The molecule has 7 nitrogen and oxygen atoms in total. The average Bonchev–Trinajstić information content (AvgIpc) is 2.76. The van der Waals surface area contributed by atoms with Gasteiger partial charge in [0.15, 0.2) is 5.96 Å². The van der Waals surface area contributed by atoms with Gasteiger partial charge in [-0.1, -0.05) is 12.1 Å². The molecule has 0 bridgehead atoms. The van der Waals surface area contributed by atoms with E-state index in [1.807, 2.05) is 15.9 Å². The molecule has 0 radical (unpaired) electrons. The number of sulfonamides is 1. The summed E-state index contributed by atoms with van der Waals surface area (Å²) in [7, 11) is -0.464. The van der Waals surface area contributed by atoms with Crippen molar-refractivity contribution in [2.75, 3.05) is 45.2 Å². The van der Waals surface area contributed by atoms with Crippen LogP contribution in [0.3, 0.4) is 0 Å². The van der Waals surface area contributed by atoms with Gasteiger partial charge in [0.25, 0.3) is 0 Å². The molecule has 2 aromatic carbocycles. The van der Waals surface area contributed by atoms with Crippen LogP contribution in [0.4, 0.5) is 14.5 Å². The molecule has 1 aliphatic heterocycles. The molecule has 2 aromatic rings. The summed E-state index contributed by atoms with van der Waals surface area (Å²) in [5.41, 5.74) is 1.06. The SMILES string of the molecule is CN=C(NCc1cccc(S(=O)(=O)NC)c1)N1CCN(c2cc(F)ccc2F)CC1.I. The van der Waals surface area contributed by atoms with Gasteiger partial charge in [0, 0.05) is 45.8 Å². The quantitative estimate of drug-likeness (QED) is 0.331. The number of benzene rings is 2. The molecule has 1 heterocycles. The zero-order chi connectivity index (χ0) is 21.7. The molecule has 0 amide bonds. The molecule has 0 atom stereocenters. The van der Waals surface area contributed by atoms with Crippen LogP contribution in [0.1, 0.15) is 5.56 Å². The van der Waals surface area contributed by atoms with Crippen LogP contribution < -0.4 is 14.9 Å². The van der Waals surface area contributed by atoms with E-state index in [1.54, 1.807) is 19.2 Å². The van der Waals surface area contributed by atoms with Crippen molar-refractivity contribution < 1.29 is 17.2 Å². The van der Waals surface area contributed by atoms with Gasteiger partial charge in [0.2, 0.25) is 10.0 Å². The molecule has 0 spiro atoms. The number of hydrogen-bond donors (Lipinski definition) is 2. The fraction of sp³-hybridized carbons (Fsp3) is 0.350. The number of guanidine groups is 1. The average molecular weight is 565 g/mol. The summed E-state index contributed by atoms with van der Waals surface area (Å²) in [6.45, 7) is 2.63. The first kappa shape index (κ1) is 25.3. The van der Waals surface area contributed by atoms with E-state index in [1.165, 1.54) is 19.2 Å². The largest absolute Gasteiger partial charge is 0.366 e. The second-order valence-electron chi connectivity index (χ2n) is 6.83. The van der Waals surface area contributed by atoms with Crippen LogP contribution >= 0.6 is 24.0 Å². The van der Waals surface area contributed by atoms with E-state index < -0.39 is 21.7 Å². The van der Waals surface area contributed by atoms with E-state index >= 15 is 0 Å². The summed E-state index contributed by atoms with van der Waals surface area (Å²) in [4.78, 5) is 8.33. The zero-order valence-electron chi connectivity index (χ0n) is 17.3. The fourth-order valence-corrected chi connectivity index (χ4v) is 4.14. The van der Waals surface area contributed by atoms with Gasteiger partial charge in [-0.3, -0.25) is 4.99 Å². The van der Waals surface area contributed by atoms with E-state index in [0.29, 0.717) is 38.7 Å². The maximum absolute atomic E-state index is 14.0. The first-order chi connectivity index (χ1) is 14.3. The maximum atomic E-state index is 14.0. The molecule has 3 rings (SSSR count). The fourth-order valence-electron chi connectivity index (χ4n) is 3.34. The third-order valence-corrected chi connectivity index (χ3v) is 6.38. The summed E-state index contributed by atoms with van der Waals surface area (Å²) in [6, 6.07) is 10.1. The van der Waals surface area contributed by atoms with Crippen molar-refractivity contribution in [3.05, 3.63) is 59.7 Å². The topological polar surface area (TPSA) is 77.0 Å².